The molecule has 3 aromatic rings. The van der Waals surface area contributed by atoms with E-state index in [0.717, 1.165) is 25.0 Å². The van der Waals surface area contributed by atoms with Crippen molar-refractivity contribution < 1.29 is 22.7 Å². The van der Waals surface area contributed by atoms with Gasteiger partial charge in [-0.05, 0) is 60.7 Å². The number of nitrogen functional groups attached to an aromatic ring is 2. The number of hydrogen-bond acceptors (Lipinski definition) is 5. The lowest BCUT2D eigenvalue weighted by Gasteiger charge is -2.17. The lowest BCUT2D eigenvalue weighted by molar-refractivity contribution is 0.0930. The number of Topliss-reactive ketones (excluding diaryl/α,β-unsaturated/α-hetero) is 1. The molecule has 1 saturated carbocycles. The minimum absolute atomic E-state index is 0.0204. The Labute approximate surface area is 194 Å². The molecular weight excluding hydrogens is 447 g/mol. The Balaban J connectivity index is 1.47. The highest BCUT2D eigenvalue weighted by Gasteiger charge is 2.34. The van der Waals surface area contributed by atoms with Crippen LogP contribution < -0.4 is 21.8 Å². The van der Waals surface area contributed by atoms with Crippen molar-refractivity contribution in [2.24, 2.45) is 11.8 Å². The summed E-state index contributed by atoms with van der Waals surface area (Å²) in [5.41, 5.74) is 11.8. The fourth-order valence-electron chi connectivity index (χ4n) is 3.89. The van der Waals surface area contributed by atoms with Crippen LogP contribution in [0.1, 0.15) is 35.2 Å². The first-order valence-corrected chi connectivity index (χ1v) is 10.9. The van der Waals surface area contributed by atoms with Crippen LogP contribution in [0.4, 0.5) is 24.5 Å². The van der Waals surface area contributed by atoms with Gasteiger partial charge >= 0.3 is 0 Å². The molecule has 1 atom stereocenters. The molecule has 4 rings (SSSR count). The number of anilines is 2. The predicted molar refractivity (Wildman–Crippen MR) is 122 cm³/mol. The summed E-state index contributed by atoms with van der Waals surface area (Å²) >= 11 is 0. The first-order chi connectivity index (χ1) is 16.2. The highest BCUT2D eigenvalue weighted by Crippen LogP contribution is 2.39. The average molecular weight is 471 g/mol. The first-order valence-electron chi connectivity index (χ1n) is 10.9. The smallest absolute Gasteiger partial charge is 0.261 e. The molecule has 1 fully saturated rings. The number of nitrogens with zero attached hydrogens (tertiary/aromatic N) is 1. The number of rotatable bonds is 9. The highest BCUT2D eigenvalue weighted by molar-refractivity contribution is 5.95. The van der Waals surface area contributed by atoms with Gasteiger partial charge in [0.05, 0.1) is 30.1 Å². The van der Waals surface area contributed by atoms with Gasteiger partial charge in [0, 0.05) is 24.6 Å². The van der Waals surface area contributed by atoms with Gasteiger partial charge in [0.2, 0.25) is 0 Å². The predicted octanol–water partition coefficient (Wildman–Crippen LogP) is 4.16. The Kier molecular flexibility index (Phi) is 6.63. The topological polar surface area (TPSA) is 100 Å². The van der Waals surface area contributed by atoms with Gasteiger partial charge in [-0.3, -0.25) is 9.59 Å². The lowest BCUT2D eigenvalue weighted by atomic mass is 9.95. The van der Waals surface area contributed by atoms with Crippen molar-refractivity contribution in [2.75, 3.05) is 18.1 Å². The maximum absolute atomic E-state index is 13.5. The van der Waals surface area contributed by atoms with Crippen LogP contribution in [-0.2, 0) is 6.54 Å². The molecule has 0 bridgehead atoms. The Morgan fingerprint density at radius 1 is 1.06 bits per heavy atom. The molecule has 0 aliphatic heterocycles. The fourth-order valence-corrected chi connectivity index (χ4v) is 3.89. The summed E-state index contributed by atoms with van der Waals surface area (Å²) < 4.78 is 47.3. The Bertz CT molecular complexity index is 1260. The molecule has 1 aromatic heterocycles. The fraction of sp³-hybridized carbons (Fsp3) is 0.280. The molecular formula is C25H24F3N3O3. The summed E-state index contributed by atoms with van der Waals surface area (Å²) in [6.45, 7) is 0.0801. The lowest BCUT2D eigenvalue weighted by Crippen LogP contribution is -2.28. The minimum atomic E-state index is -1.57. The van der Waals surface area contributed by atoms with Crippen molar-refractivity contribution in [3.63, 3.8) is 0 Å². The number of pyridine rings is 1. The van der Waals surface area contributed by atoms with E-state index in [1.54, 1.807) is 18.2 Å². The van der Waals surface area contributed by atoms with Gasteiger partial charge in [-0.2, -0.15) is 0 Å². The molecule has 1 aliphatic carbocycles. The number of carbonyl (C=O) groups is 1. The Hall–Kier alpha value is -3.75. The zero-order valence-electron chi connectivity index (χ0n) is 18.3. The molecule has 0 saturated heterocycles. The summed E-state index contributed by atoms with van der Waals surface area (Å²) in [6, 6.07) is 9.57. The summed E-state index contributed by atoms with van der Waals surface area (Å²) in [6.07, 6.45) is 3.48. The number of ether oxygens (including phenoxy) is 1. The maximum Gasteiger partial charge on any atom is 0.261 e. The molecule has 0 amide bonds. The summed E-state index contributed by atoms with van der Waals surface area (Å²) in [4.78, 5) is 25.9. The van der Waals surface area contributed by atoms with E-state index >= 15 is 0 Å². The highest BCUT2D eigenvalue weighted by atomic mass is 19.2. The molecule has 2 aromatic carbocycles. The van der Waals surface area contributed by atoms with Gasteiger partial charge < -0.3 is 20.8 Å². The molecule has 9 heteroatoms. The van der Waals surface area contributed by atoms with E-state index < -0.39 is 23.0 Å². The molecule has 178 valence electrons. The van der Waals surface area contributed by atoms with Crippen molar-refractivity contribution in [2.45, 2.75) is 25.8 Å². The molecule has 0 unspecified atom stereocenters. The van der Waals surface area contributed by atoms with Gasteiger partial charge in [0.1, 0.15) is 5.75 Å². The number of nitrogens with two attached hydrogens (primary N) is 2. The largest absolute Gasteiger partial charge is 0.493 e. The average Bonchev–Trinajstić information content (AvgIpc) is 3.64. The van der Waals surface area contributed by atoms with Crippen LogP contribution in [0, 0.1) is 29.3 Å². The third kappa shape index (κ3) is 5.24. The van der Waals surface area contributed by atoms with E-state index in [2.05, 4.69) is 0 Å². The summed E-state index contributed by atoms with van der Waals surface area (Å²) in [5.74, 6) is -3.81. The second-order valence-corrected chi connectivity index (χ2v) is 8.55. The van der Waals surface area contributed by atoms with E-state index in [1.165, 1.54) is 22.9 Å². The van der Waals surface area contributed by atoms with E-state index in [4.69, 9.17) is 16.2 Å². The zero-order chi connectivity index (χ0) is 24.4. The molecule has 1 heterocycles. The number of halogens is 3. The molecule has 0 radical (unpaired) electrons. The number of benzene rings is 2. The van der Waals surface area contributed by atoms with Crippen molar-refractivity contribution >= 4 is 17.2 Å². The van der Waals surface area contributed by atoms with E-state index in [9.17, 15) is 22.8 Å². The monoisotopic (exact) mass is 471 g/mol. The van der Waals surface area contributed by atoms with Crippen LogP contribution in [0.5, 0.6) is 5.75 Å². The van der Waals surface area contributed by atoms with Gasteiger partial charge in [-0.1, -0.05) is 0 Å². The first kappa shape index (κ1) is 23.4. The maximum atomic E-state index is 13.5. The Morgan fingerprint density at radius 2 is 1.76 bits per heavy atom. The minimum Gasteiger partial charge on any atom is -0.493 e. The van der Waals surface area contributed by atoms with E-state index in [0.29, 0.717) is 23.0 Å². The second-order valence-electron chi connectivity index (χ2n) is 8.55. The number of aromatic nitrogens is 1. The second kappa shape index (κ2) is 9.62. The van der Waals surface area contributed by atoms with Gasteiger partial charge in [-0.25, -0.2) is 13.2 Å². The van der Waals surface area contributed by atoms with Gasteiger partial charge in [0.25, 0.3) is 5.56 Å². The van der Waals surface area contributed by atoms with Gasteiger partial charge in [-0.15, -0.1) is 0 Å². The van der Waals surface area contributed by atoms with Crippen LogP contribution in [0.15, 0.2) is 53.5 Å². The molecule has 0 spiro atoms. The third-order valence-electron chi connectivity index (χ3n) is 5.98. The van der Waals surface area contributed by atoms with E-state index in [-0.39, 0.29) is 42.4 Å². The third-order valence-corrected chi connectivity index (χ3v) is 5.98. The molecule has 6 nitrogen and oxygen atoms in total. The number of hydrogen-bond donors (Lipinski definition) is 2. The van der Waals surface area contributed by atoms with Gasteiger partial charge in [0.15, 0.2) is 23.2 Å². The van der Waals surface area contributed by atoms with Crippen molar-refractivity contribution in [3.8, 4) is 5.75 Å². The summed E-state index contributed by atoms with van der Waals surface area (Å²) in [5, 5.41) is 0. The normalized spacial score (nSPS) is 14.1. The van der Waals surface area contributed by atoms with Crippen molar-refractivity contribution in [1.29, 1.82) is 0 Å². The van der Waals surface area contributed by atoms with Crippen LogP contribution in [0.3, 0.4) is 0 Å². The van der Waals surface area contributed by atoms with Crippen LogP contribution in [0.2, 0.25) is 0 Å². The van der Waals surface area contributed by atoms with Crippen molar-refractivity contribution in [3.05, 3.63) is 87.6 Å². The van der Waals surface area contributed by atoms with Crippen LogP contribution in [-0.4, -0.2) is 17.0 Å². The number of ketones is 1. The van der Waals surface area contributed by atoms with E-state index in [1.807, 2.05) is 0 Å². The standard InChI is InChI=1S/C25H24F3N3O3/c26-19-8-14(9-20(27)24(19)28)12-31-7-1-2-18(25(31)33)23(32)10-16(15-3-4-15)13-34-17-5-6-21(29)22(30)11-17/h1-2,5-9,11,15-16H,3-4,10,12-13,29-30H2/t16-/m0/s1. The molecule has 34 heavy (non-hydrogen) atoms. The molecule has 1 aliphatic rings. The Morgan fingerprint density at radius 3 is 2.41 bits per heavy atom. The van der Waals surface area contributed by atoms with Crippen LogP contribution in [0.25, 0.3) is 0 Å². The quantitative estimate of drug-likeness (QED) is 0.277. The van der Waals surface area contributed by atoms with Crippen molar-refractivity contribution in [1.82, 2.24) is 4.57 Å². The summed E-state index contributed by atoms with van der Waals surface area (Å²) in [7, 11) is 0. The molecule has 4 N–H and O–H groups in total. The number of carbonyl (C=O) groups excluding carboxylic acids is 1. The van der Waals surface area contributed by atoms with Crippen LogP contribution >= 0.6 is 0 Å². The SMILES string of the molecule is Nc1ccc(OC[C@H](CC(=O)c2cccn(Cc3cc(F)c(F)c(F)c3)c2=O)C2CC2)cc1N. The zero-order valence-corrected chi connectivity index (χ0v) is 18.3.